The van der Waals surface area contributed by atoms with Gasteiger partial charge in [0.25, 0.3) is 0 Å². The van der Waals surface area contributed by atoms with Gasteiger partial charge in [-0.2, -0.15) is 0 Å². The first kappa shape index (κ1) is 12.8. The molecule has 0 fully saturated rings. The zero-order valence-corrected chi connectivity index (χ0v) is 10.4. The number of aromatic nitrogens is 1. The van der Waals surface area contributed by atoms with E-state index in [0.29, 0.717) is 5.13 Å². The maximum atomic E-state index is 11.5. The monoisotopic (exact) mass is 260 g/mol. The minimum Gasteiger partial charge on any atom is -0.375 e. The lowest BCUT2D eigenvalue weighted by Crippen LogP contribution is -2.41. The van der Waals surface area contributed by atoms with Crippen molar-refractivity contribution in [1.82, 2.24) is 15.6 Å². The van der Waals surface area contributed by atoms with Crippen molar-refractivity contribution in [3.8, 4) is 0 Å². The molecule has 16 heavy (non-hydrogen) atoms. The SMILES string of the molecule is CNC(=O)NC(=O)C(C)Sc1cnc(N)s1. The lowest BCUT2D eigenvalue weighted by molar-refractivity contribution is -0.119. The van der Waals surface area contributed by atoms with Crippen LogP contribution in [0.25, 0.3) is 0 Å². The topological polar surface area (TPSA) is 97.1 Å². The second kappa shape index (κ2) is 5.71. The zero-order valence-electron chi connectivity index (χ0n) is 8.81. The van der Waals surface area contributed by atoms with Crippen LogP contribution in [0.5, 0.6) is 0 Å². The van der Waals surface area contributed by atoms with Gasteiger partial charge in [0.15, 0.2) is 5.13 Å². The molecule has 0 bridgehead atoms. The molecule has 88 valence electrons. The van der Waals surface area contributed by atoms with Crippen LogP contribution in [-0.2, 0) is 4.79 Å². The molecule has 4 N–H and O–H groups in total. The normalized spacial score (nSPS) is 11.9. The number of carbonyl (C=O) groups excluding carboxylic acids is 2. The van der Waals surface area contributed by atoms with Gasteiger partial charge in [0.1, 0.15) is 0 Å². The fourth-order valence-electron chi connectivity index (χ4n) is 0.830. The number of anilines is 1. The van der Waals surface area contributed by atoms with E-state index in [-0.39, 0.29) is 11.2 Å². The highest BCUT2D eigenvalue weighted by atomic mass is 32.2. The van der Waals surface area contributed by atoms with Gasteiger partial charge in [-0.25, -0.2) is 9.78 Å². The molecule has 1 heterocycles. The van der Waals surface area contributed by atoms with Gasteiger partial charge in [0, 0.05) is 7.05 Å². The Kier molecular flexibility index (Phi) is 4.56. The van der Waals surface area contributed by atoms with Crippen molar-refractivity contribution in [2.75, 3.05) is 12.8 Å². The van der Waals surface area contributed by atoms with E-state index in [1.54, 1.807) is 13.1 Å². The average molecular weight is 260 g/mol. The number of hydrogen-bond acceptors (Lipinski definition) is 6. The molecule has 1 rings (SSSR count). The molecule has 0 aromatic carbocycles. The Morgan fingerprint density at radius 2 is 2.31 bits per heavy atom. The summed E-state index contributed by atoms with van der Waals surface area (Å²) in [5.41, 5.74) is 5.46. The molecule has 0 saturated carbocycles. The first-order valence-corrected chi connectivity index (χ1v) is 6.13. The lowest BCUT2D eigenvalue weighted by atomic mass is 10.4. The van der Waals surface area contributed by atoms with E-state index in [9.17, 15) is 9.59 Å². The molecular weight excluding hydrogens is 248 g/mol. The summed E-state index contributed by atoms with van der Waals surface area (Å²) in [5.74, 6) is -0.351. The number of rotatable bonds is 3. The van der Waals surface area contributed by atoms with Gasteiger partial charge in [0.05, 0.1) is 15.7 Å². The number of thiazole rings is 1. The first-order chi connectivity index (χ1) is 7.52. The van der Waals surface area contributed by atoms with E-state index >= 15 is 0 Å². The van der Waals surface area contributed by atoms with Crippen LogP contribution < -0.4 is 16.4 Å². The maximum absolute atomic E-state index is 11.5. The van der Waals surface area contributed by atoms with Gasteiger partial charge < -0.3 is 11.1 Å². The van der Waals surface area contributed by atoms with E-state index < -0.39 is 6.03 Å². The lowest BCUT2D eigenvalue weighted by Gasteiger charge is -2.08. The molecule has 0 spiro atoms. The molecule has 0 saturated heterocycles. The van der Waals surface area contributed by atoms with Crippen LogP contribution in [0, 0.1) is 0 Å². The summed E-state index contributed by atoms with van der Waals surface area (Å²) < 4.78 is 0.844. The molecule has 0 aliphatic carbocycles. The summed E-state index contributed by atoms with van der Waals surface area (Å²) in [6, 6.07) is -0.513. The van der Waals surface area contributed by atoms with Crippen LogP contribution >= 0.6 is 23.1 Å². The Bertz CT molecular complexity index is 393. The first-order valence-electron chi connectivity index (χ1n) is 4.43. The third kappa shape index (κ3) is 3.70. The second-order valence-corrected chi connectivity index (χ2v) is 5.55. The zero-order chi connectivity index (χ0) is 12.1. The molecule has 1 atom stereocenters. The second-order valence-electron chi connectivity index (χ2n) is 2.85. The highest BCUT2D eigenvalue weighted by Gasteiger charge is 2.17. The predicted molar refractivity (Wildman–Crippen MR) is 64.4 cm³/mol. The highest BCUT2D eigenvalue weighted by molar-refractivity contribution is 8.02. The maximum Gasteiger partial charge on any atom is 0.321 e. The van der Waals surface area contributed by atoms with Crippen molar-refractivity contribution in [3.05, 3.63) is 6.20 Å². The molecule has 6 nitrogen and oxygen atoms in total. The summed E-state index contributed by atoms with van der Waals surface area (Å²) in [5, 5.41) is 4.59. The minimum atomic E-state index is -0.513. The van der Waals surface area contributed by atoms with Gasteiger partial charge in [0.2, 0.25) is 5.91 Å². The van der Waals surface area contributed by atoms with E-state index in [2.05, 4.69) is 15.6 Å². The minimum absolute atomic E-state index is 0.351. The molecule has 1 aromatic heterocycles. The third-order valence-corrected chi connectivity index (χ3v) is 3.69. The standard InChI is InChI=1S/C8H12N4O2S2/c1-4(6(13)12-8(14)10-2)15-5-3-11-7(9)16-5/h3-4H,1-2H3,(H2,9,11)(H2,10,12,13,14). The van der Waals surface area contributed by atoms with Gasteiger partial charge in [-0.05, 0) is 6.92 Å². The number of nitrogens with one attached hydrogen (secondary N) is 2. The van der Waals surface area contributed by atoms with Crippen LogP contribution in [0.4, 0.5) is 9.93 Å². The van der Waals surface area contributed by atoms with Crippen molar-refractivity contribution in [2.45, 2.75) is 16.4 Å². The van der Waals surface area contributed by atoms with E-state index in [1.807, 2.05) is 0 Å². The van der Waals surface area contributed by atoms with Crippen molar-refractivity contribution < 1.29 is 9.59 Å². The highest BCUT2D eigenvalue weighted by Crippen LogP contribution is 2.29. The quantitative estimate of drug-likeness (QED) is 0.694. The fraction of sp³-hybridized carbons (Fsp3) is 0.375. The Morgan fingerprint density at radius 3 is 2.81 bits per heavy atom. The predicted octanol–water partition coefficient (Wildman–Crippen LogP) is 0.661. The number of nitrogen functional groups attached to an aromatic ring is 1. The van der Waals surface area contributed by atoms with Crippen LogP contribution in [-0.4, -0.2) is 29.2 Å². The Balaban J connectivity index is 2.48. The number of nitrogens with two attached hydrogens (primary N) is 1. The number of carbonyl (C=O) groups is 2. The van der Waals surface area contributed by atoms with Gasteiger partial charge in [-0.1, -0.05) is 11.3 Å². The summed E-state index contributed by atoms with van der Waals surface area (Å²) in [7, 11) is 1.45. The molecular formula is C8H12N4O2S2. The van der Waals surface area contributed by atoms with Crippen LogP contribution in [0.2, 0.25) is 0 Å². The smallest absolute Gasteiger partial charge is 0.321 e. The largest absolute Gasteiger partial charge is 0.375 e. The van der Waals surface area contributed by atoms with E-state index in [1.165, 1.54) is 30.1 Å². The Morgan fingerprint density at radius 1 is 1.62 bits per heavy atom. The van der Waals surface area contributed by atoms with Crippen LogP contribution in [0.15, 0.2) is 10.4 Å². The number of amides is 3. The van der Waals surface area contributed by atoms with Crippen LogP contribution in [0.3, 0.4) is 0 Å². The number of imide groups is 1. The Hall–Kier alpha value is -1.28. The number of urea groups is 1. The molecule has 0 aliphatic heterocycles. The molecule has 0 radical (unpaired) electrons. The van der Waals surface area contributed by atoms with Crippen molar-refractivity contribution in [1.29, 1.82) is 0 Å². The number of thioether (sulfide) groups is 1. The van der Waals surface area contributed by atoms with Crippen molar-refractivity contribution >= 4 is 40.2 Å². The van der Waals surface area contributed by atoms with Gasteiger partial charge in [-0.3, -0.25) is 10.1 Å². The third-order valence-electron chi connectivity index (χ3n) is 1.63. The number of nitrogens with zero attached hydrogens (tertiary/aromatic N) is 1. The average Bonchev–Trinajstić information content (AvgIpc) is 2.63. The summed E-state index contributed by atoms with van der Waals surface area (Å²) in [6.07, 6.45) is 1.61. The van der Waals surface area contributed by atoms with E-state index in [0.717, 1.165) is 4.21 Å². The Labute approximate surface area is 101 Å². The molecule has 3 amide bonds. The summed E-state index contributed by atoms with van der Waals surface area (Å²) in [6.45, 7) is 1.71. The van der Waals surface area contributed by atoms with Gasteiger partial charge in [-0.15, -0.1) is 11.8 Å². The molecule has 0 aliphatic rings. The molecule has 8 heteroatoms. The summed E-state index contributed by atoms with van der Waals surface area (Å²) in [4.78, 5) is 26.3. The van der Waals surface area contributed by atoms with Crippen molar-refractivity contribution in [2.24, 2.45) is 0 Å². The molecule has 1 unspecified atom stereocenters. The van der Waals surface area contributed by atoms with E-state index in [4.69, 9.17) is 5.73 Å². The number of hydrogen-bond donors (Lipinski definition) is 3. The van der Waals surface area contributed by atoms with Crippen molar-refractivity contribution in [3.63, 3.8) is 0 Å². The molecule has 1 aromatic rings. The fourth-order valence-corrected chi connectivity index (χ4v) is 2.76. The van der Waals surface area contributed by atoms with Crippen LogP contribution in [0.1, 0.15) is 6.92 Å². The van der Waals surface area contributed by atoms with Gasteiger partial charge >= 0.3 is 6.03 Å². The summed E-state index contributed by atoms with van der Waals surface area (Å²) >= 11 is 2.62.